The first-order valence-electron chi connectivity index (χ1n) is 6.32. The maximum Gasteiger partial charge on any atom is 0.308 e. The third kappa shape index (κ3) is 5.00. The molecule has 0 heterocycles. The van der Waals surface area contributed by atoms with Crippen LogP contribution in [0.2, 0.25) is 0 Å². The Labute approximate surface area is 130 Å². The number of amides is 1. The van der Waals surface area contributed by atoms with E-state index >= 15 is 0 Å². The van der Waals surface area contributed by atoms with Crippen molar-refractivity contribution in [2.45, 2.75) is 20.0 Å². The van der Waals surface area contributed by atoms with E-state index in [0.29, 0.717) is 10.2 Å². The number of hydrogen-bond donors (Lipinski definition) is 1. The second-order valence-electron chi connectivity index (χ2n) is 4.79. The molecule has 0 spiro atoms. The number of carbonyl (C=O) groups excluding carboxylic acids is 1. The molecule has 0 aliphatic rings. The Balaban J connectivity index is 2.67. The van der Waals surface area contributed by atoms with Crippen LogP contribution in [0.1, 0.15) is 13.8 Å². The van der Waals surface area contributed by atoms with Crippen LogP contribution in [0.15, 0.2) is 22.7 Å². The molecule has 0 aliphatic heterocycles. The van der Waals surface area contributed by atoms with Crippen molar-refractivity contribution in [3.8, 4) is 5.75 Å². The van der Waals surface area contributed by atoms with Gasteiger partial charge in [-0.2, -0.15) is 0 Å². The van der Waals surface area contributed by atoms with Gasteiger partial charge in [-0.1, -0.05) is 6.92 Å². The van der Waals surface area contributed by atoms with Crippen molar-refractivity contribution in [3.05, 3.63) is 28.5 Å². The third-order valence-corrected chi connectivity index (χ3v) is 3.51. The summed E-state index contributed by atoms with van der Waals surface area (Å²) in [6.45, 7) is 3.17. The molecule has 0 fully saturated rings. The number of nitrogens with zero attached hydrogens (tertiary/aromatic N) is 1. The predicted molar refractivity (Wildman–Crippen MR) is 78.6 cm³/mol. The summed E-state index contributed by atoms with van der Waals surface area (Å²) in [5, 5.41) is 8.84. The molecule has 1 rings (SSSR count). The molecule has 1 aromatic carbocycles. The highest BCUT2D eigenvalue weighted by molar-refractivity contribution is 9.10. The summed E-state index contributed by atoms with van der Waals surface area (Å²) in [4.78, 5) is 24.2. The minimum Gasteiger partial charge on any atom is -0.481 e. The molecule has 0 radical (unpaired) electrons. The van der Waals surface area contributed by atoms with E-state index in [9.17, 15) is 14.0 Å². The van der Waals surface area contributed by atoms with Gasteiger partial charge in [-0.15, -0.1) is 0 Å². The van der Waals surface area contributed by atoms with Crippen LogP contribution in [0.3, 0.4) is 0 Å². The topological polar surface area (TPSA) is 66.8 Å². The molecule has 0 saturated carbocycles. The Morgan fingerprint density at radius 1 is 1.43 bits per heavy atom. The number of halogens is 2. The number of carboxylic acids is 1. The Bertz CT molecular complexity index is 538. The Kier molecular flexibility index (Phi) is 6.14. The molecule has 0 bridgehead atoms. The lowest BCUT2D eigenvalue weighted by molar-refractivity contribution is -0.144. The van der Waals surface area contributed by atoms with Crippen LogP contribution in [-0.4, -0.2) is 41.6 Å². The molecule has 0 saturated heterocycles. The van der Waals surface area contributed by atoms with Crippen molar-refractivity contribution < 1.29 is 23.8 Å². The molecule has 0 aliphatic carbocycles. The average molecular weight is 362 g/mol. The van der Waals surface area contributed by atoms with Crippen LogP contribution in [0.4, 0.5) is 4.39 Å². The normalized spacial score (nSPS) is 13.4. The summed E-state index contributed by atoms with van der Waals surface area (Å²) in [6.07, 6.45) is -0.808. The number of carboxylic acid groups (broad SMARTS) is 1. The van der Waals surface area contributed by atoms with Gasteiger partial charge in [0.15, 0.2) is 6.10 Å². The largest absolute Gasteiger partial charge is 0.481 e. The van der Waals surface area contributed by atoms with Crippen molar-refractivity contribution in [1.82, 2.24) is 4.90 Å². The van der Waals surface area contributed by atoms with E-state index in [0.717, 1.165) is 0 Å². The highest BCUT2D eigenvalue weighted by Gasteiger charge is 2.23. The molecule has 5 nitrogen and oxygen atoms in total. The minimum atomic E-state index is -0.968. The first kappa shape index (κ1) is 17.4. The van der Waals surface area contributed by atoms with Gasteiger partial charge in [0.1, 0.15) is 11.6 Å². The molecule has 2 unspecified atom stereocenters. The number of rotatable bonds is 6. The van der Waals surface area contributed by atoms with Gasteiger partial charge in [0.2, 0.25) is 0 Å². The molecule has 0 aromatic heterocycles. The summed E-state index contributed by atoms with van der Waals surface area (Å²) in [5.41, 5.74) is 0. The van der Waals surface area contributed by atoms with Crippen molar-refractivity contribution >= 4 is 27.8 Å². The Morgan fingerprint density at radius 2 is 2.05 bits per heavy atom. The van der Waals surface area contributed by atoms with E-state index in [-0.39, 0.29) is 12.5 Å². The lowest BCUT2D eigenvalue weighted by Crippen LogP contribution is -2.41. The highest BCUT2D eigenvalue weighted by Crippen LogP contribution is 2.26. The number of aliphatic carboxylic acids is 1. The average Bonchev–Trinajstić information content (AvgIpc) is 2.40. The van der Waals surface area contributed by atoms with Crippen LogP contribution in [0, 0.1) is 11.7 Å². The SMILES string of the molecule is CC(CN(C)C(=O)C(C)Oc1ccc(F)cc1Br)C(=O)O. The van der Waals surface area contributed by atoms with Crippen molar-refractivity contribution in [2.24, 2.45) is 5.92 Å². The standard InChI is InChI=1S/C14H17BrFNO4/c1-8(14(19)20)7-17(3)13(18)9(2)21-12-5-4-10(16)6-11(12)15/h4-6,8-9H,7H2,1-3H3,(H,19,20). The van der Waals surface area contributed by atoms with Gasteiger partial charge in [-0.05, 0) is 41.1 Å². The van der Waals surface area contributed by atoms with Gasteiger partial charge in [0.25, 0.3) is 5.91 Å². The fraction of sp³-hybridized carbons (Fsp3) is 0.429. The molecular weight excluding hydrogens is 345 g/mol. The molecule has 7 heteroatoms. The molecule has 1 N–H and O–H groups in total. The zero-order chi connectivity index (χ0) is 16.2. The van der Waals surface area contributed by atoms with Crippen LogP contribution in [-0.2, 0) is 9.59 Å². The van der Waals surface area contributed by atoms with E-state index in [1.54, 1.807) is 6.92 Å². The predicted octanol–water partition coefficient (Wildman–Crippen LogP) is 2.53. The Hall–Kier alpha value is -1.63. The molecule has 2 atom stereocenters. The third-order valence-electron chi connectivity index (χ3n) is 2.89. The van der Waals surface area contributed by atoms with Gasteiger partial charge in [-0.3, -0.25) is 9.59 Å². The van der Waals surface area contributed by atoms with E-state index in [2.05, 4.69) is 15.9 Å². The highest BCUT2D eigenvalue weighted by atomic mass is 79.9. The zero-order valence-corrected chi connectivity index (χ0v) is 13.6. The van der Waals surface area contributed by atoms with Gasteiger partial charge in [0.05, 0.1) is 10.4 Å². The minimum absolute atomic E-state index is 0.0897. The van der Waals surface area contributed by atoms with Gasteiger partial charge in [-0.25, -0.2) is 4.39 Å². The maximum atomic E-state index is 13.0. The molecule has 116 valence electrons. The van der Waals surface area contributed by atoms with Crippen molar-refractivity contribution in [1.29, 1.82) is 0 Å². The van der Waals surface area contributed by atoms with Crippen molar-refractivity contribution in [2.75, 3.05) is 13.6 Å². The van der Waals surface area contributed by atoms with E-state index in [4.69, 9.17) is 9.84 Å². The summed E-state index contributed by atoms with van der Waals surface area (Å²) in [7, 11) is 1.52. The molecule has 1 amide bonds. The first-order chi connectivity index (χ1) is 9.72. The summed E-state index contributed by atoms with van der Waals surface area (Å²) in [6, 6.07) is 3.89. The van der Waals surface area contributed by atoms with E-state index < -0.39 is 23.8 Å². The lowest BCUT2D eigenvalue weighted by atomic mass is 10.1. The second kappa shape index (κ2) is 7.40. The lowest BCUT2D eigenvalue weighted by Gasteiger charge is -2.23. The Morgan fingerprint density at radius 3 is 2.57 bits per heavy atom. The van der Waals surface area contributed by atoms with Crippen LogP contribution < -0.4 is 4.74 Å². The number of hydrogen-bond acceptors (Lipinski definition) is 3. The zero-order valence-electron chi connectivity index (χ0n) is 12.0. The maximum absolute atomic E-state index is 13.0. The summed E-state index contributed by atoms with van der Waals surface area (Å²) < 4.78 is 18.9. The van der Waals surface area contributed by atoms with Gasteiger partial charge in [0, 0.05) is 13.6 Å². The number of benzene rings is 1. The molecular formula is C14H17BrFNO4. The van der Waals surface area contributed by atoms with Crippen LogP contribution in [0.25, 0.3) is 0 Å². The van der Waals surface area contributed by atoms with E-state index in [1.807, 2.05) is 0 Å². The number of likely N-dealkylation sites (N-methyl/N-ethyl adjacent to an activating group) is 1. The number of ether oxygens (including phenoxy) is 1. The van der Waals surface area contributed by atoms with Gasteiger partial charge < -0.3 is 14.7 Å². The quantitative estimate of drug-likeness (QED) is 0.845. The fourth-order valence-electron chi connectivity index (χ4n) is 1.70. The van der Waals surface area contributed by atoms with Crippen LogP contribution in [0.5, 0.6) is 5.75 Å². The fourth-order valence-corrected chi connectivity index (χ4v) is 2.15. The second-order valence-corrected chi connectivity index (χ2v) is 5.65. The van der Waals surface area contributed by atoms with E-state index in [1.165, 1.54) is 37.1 Å². The number of carbonyl (C=O) groups is 2. The first-order valence-corrected chi connectivity index (χ1v) is 7.11. The van der Waals surface area contributed by atoms with Gasteiger partial charge >= 0.3 is 5.97 Å². The molecule has 21 heavy (non-hydrogen) atoms. The molecule has 1 aromatic rings. The summed E-state index contributed by atoms with van der Waals surface area (Å²) in [5.74, 6) is -2.05. The summed E-state index contributed by atoms with van der Waals surface area (Å²) >= 11 is 3.15. The van der Waals surface area contributed by atoms with Crippen LogP contribution >= 0.6 is 15.9 Å². The van der Waals surface area contributed by atoms with Crippen molar-refractivity contribution in [3.63, 3.8) is 0 Å². The monoisotopic (exact) mass is 361 g/mol. The smallest absolute Gasteiger partial charge is 0.308 e.